The number of halogens is 1. The van der Waals surface area contributed by atoms with Gasteiger partial charge in [-0.25, -0.2) is 9.48 Å². The fourth-order valence-corrected chi connectivity index (χ4v) is 4.30. The van der Waals surface area contributed by atoms with E-state index in [2.05, 4.69) is 5.10 Å². The Bertz CT molecular complexity index is 1340. The van der Waals surface area contributed by atoms with Gasteiger partial charge in [-0.15, -0.1) is 11.3 Å². The Hall–Kier alpha value is -3.56. The number of Topliss-reactive ketones (excluding diaryl/α,β-unsaturated/α-hetero) is 1. The van der Waals surface area contributed by atoms with Gasteiger partial charge in [-0.3, -0.25) is 14.9 Å². The number of fused-ring (bicyclic) bond motifs is 1. The van der Waals surface area contributed by atoms with Crippen LogP contribution in [-0.2, 0) is 4.74 Å². The van der Waals surface area contributed by atoms with E-state index in [-0.39, 0.29) is 11.3 Å². The minimum absolute atomic E-state index is 0.101. The van der Waals surface area contributed by atoms with Crippen molar-refractivity contribution in [1.29, 1.82) is 0 Å². The second kappa shape index (κ2) is 8.29. The van der Waals surface area contributed by atoms with Crippen LogP contribution in [-0.4, -0.2) is 33.1 Å². The lowest BCUT2D eigenvalue weighted by atomic mass is 10.1. The second-order valence-electron chi connectivity index (χ2n) is 6.58. The Balaban J connectivity index is 1.54. The Labute approximate surface area is 184 Å². The van der Waals surface area contributed by atoms with Gasteiger partial charge in [0.05, 0.1) is 21.3 Å². The average Bonchev–Trinajstić information content (AvgIpc) is 3.33. The Morgan fingerprint density at radius 1 is 1.19 bits per heavy atom. The molecular formula is C21H14ClN3O5S. The zero-order valence-corrected chi connectivity index (χ0v) is 17.6. The first-order valence-electron chi connectivity index (χ1n) is 9.04. The number of hydrogen-bond acceptors (Lipinski definition) is 7. The number of carbonyl (C=O) groups is 2. The van der Waals surface area contributed by atoms with Gasteiger partial charge in [0.2, 0.25) is 5.78 Å². The van der Waals surface area contributed by atoms with Crippen LogP contribution < -0.4 is 0 Å². The van der Waals surface area contributed by atoms with E-state index in [4.69, 9.17) is 16.3 Å². The van der Waals surface area contributed by atoms with Gasteiger partial charge in [0, 0.05) is 23.1 Å². The number of nitro benzene ring substituents is 1. The molecule has 156 valence electrons. The predicted octanol–water partition coefficient (Wildman–Crippen LogP) is 5.00. The van der Waals surface area contributed by atoms with Crippen molar-refractivity contribution in [3.63, 3.8) is 0 Å². The normalized spacial score (nSPS) is 10.9. The molecule has 0 fully saturated rings. The number of nitrogens with zero attached hydrogens (tertiary/aromatic N) is 3. The Morgan fingerprint density at radius 3 is 2.71 bits per heavy atom. The minimum atomic E-state index is -0.662. The zero-order chi connectivity index (χ0) is 22.1. The van der Waals surface area contributed by atoms with Crippen molar-refractivity contribution in [2.75, 3.05) is 6.61 Å². The monoisotopic (exact) mass is 455 g/mol. The molecule has 0 saturated carbocycles. The predicted molar refractivity (Wildman–Crippen MR) is 116 cm³/mol. The molecule has 0 amide bonds. The maximum Gasteiger partial charge on any atom is 0.348 e. The third-order valence-corrected chi connectivity index (χ3v) is 5.95. The second-order valence-corrected chi connectivity index (χ2v) is 8.02. The minimum Gasteiger partial charge on any atom is -0.453 e. The summed E-state index contributed by atoms with van der Waals surface area (Å²) >= 11 is 7.46. The fourth-order valence-electron chi connectivity index (χ4n) is 3.01. The van der Waals surface area contributed by atoms with Crippen molar-refractivity contribution in [1.82, 2.24) is 9.78 Å². The molecule has 0 N–H and O–H groups in total. The number of ether oxygens (including phenoxy) is 1. The number of nitro groups is 1. The van der Waals surface area contributed by atoms with E-state index >= 15 is 0 Å². The van der Waals surface area contributed by atoms with Crippen LogP contribution >= 0.6 is 22.9 Å². The summed E-state index contributed by atoms with van der Waals surface area (Å²) < 4.78 is 6.82. The molecule has 2 aromatic carbocycles. The van der Waals surface area contributed by atoms with Crippen molar-refractivity contribution in [2.45, 2.75) is 6.92 Å². The van der Waals surface area contributed by atoms with Crippen LogP contribution in [0.1, 0.15) is 25.7 Å². The number of aryl methyl sites for hydroxylation is 1. The van der Waals surface area contributed by atoms with Crippen LogP contribution in [0.2, 0.25) is 5.02 Å². The van der Waals surface area contributed by atoms with Crippen LogP contribution in [0.15, 0.2) is 54.6 Å². The van der Waals surface area contributed by atoms with E-state index in [1.807, 2.05) is 25.1 Å². The highest BCUT2D eigenvalue weighted by molar-refractivity contribution is 7.20. The zero-order valence-electron chi connectivity index (χ0n) is 16.1. The van der Waals surface area contributed by atoms with E-state index in [1.54, 1.807) is 16.8 Å². The van der Waals surface area contributed by atoms with Crippen molar-refractivity contribution in [3.8, 4) is 5.69 Å². The number of aromatic nitrogens is 2. The van der Waals surface area contributed by atoms with Gasteiger partial charge in [-0.05, 0) is 25.1 Å². The highest BCUT2D eigenvalue weighted by atomic mass is 35.5. The SMILES string of the molecule is Cc1nn(-c2ccccc2Cl)c2sc(C(=O)OCC(=O)c3cccc([N+](=O)[O-])c3)cc12. The molecular weight excluding hydrogens is 442 g/mol. The van der Waals surface area contributed by atoms with E-state index in [0.717, 1.165) is 22.0 Å². The Kier molecular flexibility index (Phi) is 5.53. The summed E-state index contributed by atoms with van der Waals surface area (Å²) in [5.41, 5.74) is 1.30. The van der Waals surface area contributed by atoms with Gasteiger partial charge >= 0.3 is 5.97 Å². The molecule has 0 spiro atoms. The standard InChI is InChI=1S/C21H14ClN3O5S/c1-12-15-10-19(31-20(15)24(23-12)17-8-3-2-7-16(17)22)21(27)30-11-18(26)13-5-4-6-14(9-13)25(28)29/h2-10H,11H2,1H3. The number of para-hydroxylation sites is 1. The summed E-state index contributed by atoms with van der Waals surface area (Å²) in [6.45, 7) is 1.30. The number of ketones is 1. The van der Waals surface area contributed by atoms with Gasteiger partial charge in [-0.2, -0.15) is 5.10 Å². The quantitative estimate of drug-likeness (QED) is 0.175. The van der Waals surface area contributed by atoms with E-state index in [9.17, 15) is 19.7 Å². The van der Waals surface area contributed by atoms with Gasteiger partial charge in [0.15, 0.2) is 6.61 Å². The molecule has 2 aromatic heterocycles. The molecule has 0 aliphatic carbocycles. The average molecular weight is 456 g/mol. The molecule has 31 heavy (non-hydrogen) atoms. The van der Waals surface area contributed by atoms with Crippen LogP contribution in [0.4, 0.5) is 5.69 Å². The third-order valence-electron chi connectivity index (χ3n) is 4.54. The molecule has 8 nitrogen and oxygen atoms in total. The molecule has 0 atom stereocenters. The summed E-state index contributed by atoms with van der Waals surface area (Å²) in [7, 11) is 0. The van der Waals surface area contributed by atoms with Crippen molar-refractivity contribution >= 4 is 50.6 Å². The summed E-state index contributed by atoms with van der Waals surface area (Å²) in [4.78, 5) is 36.1. The van der Waals surface area contributed by atoms with Crippen LogP contribution in [0.3, 0.4) is 0 Å². The smallest absolute Gasteiger partial charge is 0.348 e. The molecule has 0 aliphatic rings. The molecule has 0 bridgehead atoms. The molecule has 4 aromatic rings. The summed E-state index contributed by atoms with van der Waals surface area (Å²) in [6, 6.07) is 14.2. The number of non-ortho nitro benzene ring substituents is 1. The van der Waals surface area contributed by atoms with Gasteiger partial charge < -0.3 is 4.74 Å². The fraction of sp³-hybridized carbons (Fsp3) is 0.0952. The first-order chi connectivity index (χ1) is 14.8. The summed E-state index contributed by atoms with van der Waals surface area (Å²) in [5.74, 6) is -1.19. The van der Waals surface area contributed by atoms with Crippen LogP contribution in [0.5, 0.6) is 0 Å². The largest absolute Gasteiger partial charge is 0.453 e. The highest BCUT2D eigenvalue weighted by Crippen LogP contribution is 2.32. The van der Waals surface area contributed by atoms with Crippen molar-refractivity contribution in [3.05, 3.63) is 85.9 Å². The number of benzene rings is 2. The summed E-state index contributed by atoms with van der Waals surface area (Å²) in [6.07, 6.45) is 0. The topological polar surface area (TPSA) is 104 Å². The molecule has 0 aliphatic heterocycles. The summed E-state index contributed by atoms with van der Waals surface area (Å²) in [5, 5.41) is 16.7. The first kappa shape index (κ1) is 20.7. The van der Waals surface area contributed by atoms with Crippen molar-refractivity contribution in [2.24, 2.45) is 0 Å². The van der Waals surface area contributed by atoms with E-state index in [0.29, 0.717) is 15.6 Å². The number of hydrogen-bond donors (Lipinski definition) is 0. The molecule has 0 radical (unpaired) electrons. The van der Waals surface area contributed by atoms with Crippen LogP contribution in [0, 0.1) is 17.0 Å². The maximum absolute atomic E-state index is 12.5. The van der Waals surface area contributed by atoms with E-state index < -0.39 is 23.3 Å². The molecule has 2 heterocycles. The van der Waals surface area contributed by atoms with Gasteiger partial charge in [-0.1, -0.05) is 35.9 Å². The number of esters is 1. The Morgan fingerprint density at radius 2 is 1.97 bits per heavy atom. The van der Waals surface area contributed by atoms with Crippen molar-refractivity contribution < 1.29 is 19.2 Å². The molecule has 0 saturated heterocycles. The maximum atomic E-state index is 12.5. The third kappa shape index (κ3) is 4.05. The lowest BCUT2D eigenvalue weighted by Gasteiger charge is -2.04. The lowest BCUT2D eigenvalue weighted by Crippen LogP contribution is -2.13. The molecule has 4 rings (SSSR count). The number of thiophene rings is 1. The number of rotatable bonds is 6. The molecule has 0 unspecified atom stereocenters. The number of carbonyl (C=O) groups excluding carboxylic acids is 2. The van der Waals surface area contributed by atoms with Crippen LogP contribution in [0.25, 0.3) is 15.9 Å². The van der Waals surface area contributed by atoms with E-state index in [1.165, 1.54) is 29.5 Å². The molecule has 10 heteroatoms. The van der Waals surface area contributed by atoms with Gasteiger partial charge in [0.25, 0.3) is 5.69 Å². The highest BCUT2D eigenvalue weighted by Gasteiger charge is 2.20. The van der Waals surface area contributed by atoms with Gasteiger partial charge in [0.1, 0.15) is 9.71 Å². The first-order valence-corrected chi connectivity index (χ1v) is 10.2. The lowest BCUT2D eigenvalue weighted by molar-refractivity contribution is -0.384.